The topological polar surface area (TPSA) is 65.9 Å². The summed E-state index contributed by atoms with van der Waals surface area (Å²) < 4.78 is 5.69. The minimum Gasteiger partial charge on any atom is -0.384 e. The van der Waals surface area contributed by atoms with Gasteiger partial charge in [0.2, 0.25) is 0 Å². The molecule has 5 nitrogen and oxygen atoms in total. The normalized spacial score (nSPS) is 19.9. The molecule has 1 unspecified atom stereocenters. The molecule has 0 aromatic heterocycles. The summed E-state index contributed by atoms with van der Waals surface area (Å²) in [5.41, 5.74) is -0.112. The summed E-state index contributed by atoms with van der Waals surface area (Å²) >= 11 is 1.90. The number of guanidine groups is 1. The van der Waals surface area contributed by atoms with E-state index in [0.717, 1.165) is 50.7 Å². The van der Waals surface area contributed by atoms with Crippen molar-refractivity contribution >= 4 is 17.7 Å². The summed E-state index contributed by atoms with van der Waals surface area (Å²) in [6.45, 7) is 7.42. The molecular weight excluding hydrogens is 334 g/mol. The Kier molecular flexibility index (Phi) is 7.59. The molecule has 1 atom stereocenters. The van der Waals surface area contributed by atoms with E-state index in [1.807, 2.05) is 49.0 Å². The van der Waals surface area contributed by atoms with E-state index in [4.69, 9.17) is 4.74 Å². The summed E-state index contributed by atoms with van der Waals surface area (Å²) in [4.78, 5) is 4.62. The summed E-state index contributed by atoms with van der Waals surface area (Å²) in [6, 6.07) is 9.68. The molecule has 1 aliphatic heterocycles. The number of nitrogens with one attached hydrogen (secondary N) is 2. The van der Waals surface area contributed by atoms with Crippen LogP contribution in [0.25, 0.3) is 0 Å². The van der Waals surface area contributed by atoms with E-state index >= 15 is 0 Å². The van der Waals surface area contributed by atoms with E-state index < -0.39 is 5.60 Å². The van der Waals surface area contributed by atoms with Crippen LogP contribution in [0.15, 0.2) is 35.3 Å². The number of benzene rings is 1. The van der Waals surface area contributed by atoms with E-state index in [0.29, 0.717) is 6.54 Å². The molecule has 1 heterocycles. The third-order valence-electron chi connectivity index (χ3n) is 4.70. The van der Waals surface area contributed by atoms with Gasteiger partial charge in [0.25, 0.3) is 0 Å². The number of ether oxygens (including phenoxy) is 1. The largest absolute Gasteiger partial charge is 0.384 e. The summed E-state index contributed by atoms with van der Waals surface area (Å²) in [7, 11) is 0. The van der Waals surface area contributed by atoms with Gasteiger partial charge in [0.1, 0.15) is 5.60 Å². The lowest BCUT2D eigenvalue weighted by atomic mass is 9.96. The molecule has 0 radical (unpaired) electrons. The standard InChI is InChI=1S/C19H31N3O2S/c1-4-20-17(22-15-19(25-3)10-12-24-13-11-19)21-14-18(2,23)16-8-6-5-7-9-16/h5-9,23H,4,10-15H2,1-3H3,(H2,20,21,22). The second-order valence-corrected chi connectivity index (χ2v) is 7.96. The Hall–Kier alpha value is -1.24. The van der Waals surface area contributed by atoms with E-state index in [2.05, 4.69) is 21.9 Å². The molecule has 0 bridgehead atoms. The van der Waals surface area contributed by atoms with Crippen molar-refractivity contribution in [3.63, 3.8) is 0 Å². The molecule has 2 rings (SSSR count). The monoisotopic (exact) mass is 365 g/mol. The maximum absolute atomic E-state index is 10.7. The van der Waals surface area contributed by atoms with Crippen molar-refractivity contribution in [2.45, 2.75) is 37.0 Å². The SMILES string of the molecule is CCNC(=NCC(C)(O)c1ccccc1)NCC1(SC)CCOCC1. The number of thioether (sulfide) groups is 1. The highest BCUT2D eigenvalue weighted by Gasteiger charge is 2.32. The smallest absolute Gasteiger partial charge is 0.191 e. The number of aliphatic imine (C=N–C) groups is 1. The van der Waals surface area contributed by atoms with E-state index in [1.165, 1.54) is 0 Å². The van der Waals surface area contributed by atoms with Crippen LogP contribution in [0.3, 0.4) is 0 Å². The van der Waals surface area contributed by atoms with Gasteiger partial charge in [0.15, 0.2) is 5.96 Å². The van der Waals surface area contributed by atoms with Gasteiger partial charge in [-0.15, -0.1) is 0 Å². The van der Waals surface area contributed by atoms with Gasteiger partial charge in [-0.2, -0.15) is 11.8 Å². The average molecular weight is 366 g/mol. The van der Waals surface area contributed by atoms with Gasteiger partial charge in [-0.3, -0.25) is 0 Å². The zero-order chi connectivity index (χ0) is 18.2. The Bertz CT molecular complexity index is 543. The molecule has 1 fully saturated rings. The first-order chi connectivity index (χ1) is 12.0. The molecule has 0 amide bonds. The quantitative estimate of drug-likeness (QED) is 0.511. The van der Waals surface area contributed by atoms with Gasteiger partial charge in [0.05, 0.1) is 6.54 Å². The van der Waals surface area contributed by atoms with Crippen LogP contribution in [0.5, 0.6) is 0 Å². The number of nitrogens with zero attached hydrogens (tertiary/aromatic N) is 1. The van der Waals surface area contributed by atoms with Crippen LogP contribution in [0, 0.1) is 0 Å². The molecule has 0 saturated carbocycles. The van der Waals surface area contributed by atoms with Crippen molar-refractivity contribution in [2.24, 2.45) is 4.99 Å². The number of hydrogen-bond acceptors (Lipinski definition) is 4. The van der Waals surface area contributed by atoms with Gasteiger partial charge in [-0.1, -0.05) is 30.3 Å². The van der Waals surface area contributed by atoms with Crippen molar-refractivity contribution in [2.75, 3.05) is 39.1 Å². The van der Waals surface area contributed by atoms with E-state index in [9.17, 15) is 5.11 Å². The Labute approximate surface area is 155 Å². The molecule has 1 saturated heterocycles. The first-order valence-electron chi connectivity index (χ1n) is 8.94. The second kappa shape index (κ2) is 9.46. The third kappa shape index (κ3) is 5.90. The lowest BCUT2D eigenvalue weighted by Crippen LogP contribution is -2.48. The maximum Gasteiger partial charge on any atom is 0.191 e. The molecule has 25 heavy (non-hydrogen) atoms. The van der Waals surface area contributed by atoms with Crippen LogP contribution in [0.2, 0.25) is 0 Å². The molecule has 0 aliphatic carbocycles. The number of aliphatic hydroxyl groups is 1. The summed E-state index contributed by atoms with van der Waals surface area (Å²) in [5, 5.41) is 17.5. The third-order valence-corrected chi connectivity index (χ3v) is 6.12. The van der Waals surface area contributed by atoms with E-state index in [-0.39, 0.29) is 4.75 Å². The average Bonchev–Trinajstić information content (AvgIpc) is 2.65. The zero-order valence-corrected chi connectivity index (χ0v) is 16.4. The second-order valence-electron chi connectivity index (χ2n) is 6.69. The molecule has 140 valence electrons. The molecule has 6 heteroatoms. The number of rotatable bonds is 7. The van der Waals surface area contributed by atoms with Crippen LogP contribution in [0.1, 0.15) is 32.3 Å². The summed E-state index contributed by atoms with van der Waals surface area (Å²) in [6.07, 6.45) is 4.25. The predicted octanol–water partition coefficient (Wildman–Crippen LogP) is 2.36. The van der Waals surface area contributed by atoms with Crippen LogP contribution in [0.4, 0.5) is 0 Å². The molecule has 1 aliphatic rings. The minimum atomic E-state index is -0.987. The fourth-order valence-electron chi connectivity index (χ4n) is 2.90. The minimum absolute atomic E-state index is 0.191. The first kappa shape index (κ1) is 20.1. The molecule has 1 aromatic rings. The van der Waals surface area contributed by atoms with Gasteiger partial charge < -0.3 is 20.5 Å². The molecule has 0 spiro atoms. The lowest BCUT2D eigenvalue weighted by molar-refractivity contribution is 0.0672. The van der Waals surface area contributed by atoms with E-state index in [1.54, 1.807) is 6.92 Å². The molecule has 3 N–H and O–H groups in total. The zero-order valence-electron chi connectivity index (χ0n) is 15.5. The maximum atomic E-state index is 10.7. The molecular formula is C19H31N3O2S. The number of hydrogen-bond donors (Lipinski definition) is 3. The summed E-state index contributed by atoms with van der Waals surface area (Å²) in [5.74, 6) is 0.749. The highest BCUT2D eigenvalue weighted by molar-refractivity contribution is 8.00. The highest BCUT2D eigenvalue weighted by atomic mass is 32.2. The highest BCUT2D eigenvalue weighted by Crippen LogP contribution is 2.33. The van der Waals surface area contributed by atoms with Crippen molar-refractivity contribution in [3.05, 3.63) is 35.9 Å². The Balaban J connectivity index is 2.00. The van der Waals surface area contributed by atoms with Crippen molar-refractivity contribution in [3.8, 4) is 0 Å². The Morgan fingerprint density at radius 1 is 1.28 bits per heavy atom. The van der Waals surface area contributed by atoms with Crippen LogP contribution >= 0.6 is 11.8 Å². The fourth-order valence-corrected chi connectivity index (χ4v) is 3.70. The van der Waals surface area contributed by atoms with Crippen molar-refractivity contribution in [1.82, 2.24) is 10.6 Å². The van der Waals surface area contributed by atoms with Crippen LogP contribution in [-0.2, 0) is 10.3 Å². The first-order valence-corrected chi connectivity index (χ1v) is 10.2. The van der Waals surface area contributed by atoms with Gasteiger partial charge in [0, 0.05) is 31.1 Å². The van der Waals surface area contributed by atoms with Gasteiger partial charge in [-0.05, 0) is 38.5 Å². The van der Waals surface area contributed by atoms with Crippen LogP contribution in [-0.4, -0.2) is 54.9 Å². The van der Waals surface area contributed by atoms with Gasteiger partial charge >= 0.3 is 0 Å². The lowest BCUT2D eigenvalue weighted by Gasteiger charge is -2.36. The van der Waals surface area contributed by atoms with Crippen molar-refractivity contribution < 1.29 is 9.84 Å². The van der Waals surface area contributed by atoms with Crippen molar-refractivity contribution in [1.29, 1.82) is 0 Å². The predicted molar refractivity (Wildman–Crippen MR) is 106 cm³/mol. The molecule has 1 aromatic carbocycles. The fraction of sp³-hybridized carbons (Fsp3) is 0.632. The van der Waals surface area contributed by atoms with Gasteiger partial charge in [-0.25, -0.2) is 4.99 Å². The van der Waals surface area contributed by atoms with Crippen LogP contribution < -0.4 is 10.6 Å². The Morgan fingerprint density at radius 2 is 1.96 bits per heavy atom. The Morgan fingerprint density at radius 3 is 2.56 bits per heavy atom.